The summed E-state index contributed by atoms with van der Waals surface area (Å²) < 4.78 is 0. The topological polar surface area (TPSA) is 25.8 Å². The van der Waals surface area contributed by atoms with E-state index in [0.717, 1.165) is 0 Å². The van der Waals surface area contributed by atoms with Gasteiger partial charge in [0.15, 0.2) is 0 Å². The fourth-order valence-electron chi connectivity index (χ4n) is 1.58. The Kier molecular flexibility index (Phi) is 1.86. The molecule has 1 aliphatic rings. The van der Waals surface area contributed by atoms with Gasteiger partial charge in [0.25, 0.3) is 0 Å². The molecule has 0 atom stereocenters. The number of rotatable bonds is 1. The van der Waals surface area contributed by atoms with E-state index in [1.807, 2.05) is 6.20 Å². The zero-order valence-electron chi connectivity index (χ0n) is 8.54. The van der Waals surface area contributed by atoms with Gasteiger partial charge in [-0.05, 0) is 12.8 Å². The lowest BCUT2D eigenvalue weighted by Crippen LogP contribution is -2.17. The standard InChI is InChI=1S/C11H16N2/c1-11(2,3)10-9(8-4-5-8)12-6-7-13-10/h6-8H,4-5H2,1-3H3. The van der Waals surface area contributed by atoms with E-state index in [2.05, 4.69) is 30.7 Å². The second kappa shape index (κ2) is 2.79. The van der Waals surface area contributed by atoms with E-state index in [9.17, 15) is 0 Å². The van der Waals surface area contributed by atoms with Crippen molar-refractivity contribution in [3.8, 4) is 0 Å². The highest BCUT2D eigenvalue weighted by Crippen LogP contribution is 2.42. The second-order valence-electron chi connectivity index (χ2n) is 4.81. The predicted molar refractivity (Wildman–Crippen MR) is 52.7 cm³/mol. The molecule has 0 saturated heterocycles. The maximum absolute atomic E-state index is 4.45. The van der Waals surface area contributed by atoms with E-state index in [1.165, 1.54) is 24.2 Å². The van der Waals surface area contributed by atoms with Gasteiger partial charge in [0.2, 0.25) is 0 Å². The van der Waals surface area contributed by atoms with Crippen LogP contribution in [0.5, 0.6) is 0 Å². The van der Waals surface area contributed by atoms with Crippen LogP contribution in [0.4, 0.5) is 0 Å². The Bertz CT molecular complexity index is 308. The summed E-state index contributed by atoms with van der Waals surface area (Å²) in [4.78, 5) is 8.89. The van der Waals surface area contributed by atoms with Crippen LogP contribution in [0.1, 0.15) is 50.9 Å². The van der Waals surface area contributed by atoms with Crippen molar-refractivity contribution in [3.63, 3.8) is 0 Å². The zero-order valence-corrected chi connectivity index (χ0v) is 8.54. The molecule has 1 aliphatic carbocycles. The summed E-state index contributed by atoms with van der Waals surface area (Å²) in [5.74, 6) is 0.697. The van der Waals surface area contributed by atoms with Crippen LogP contribution in [0.3, 0.4) is 0 Å². The number of hydrogen-bond acceptors (Lipinski definition) is 2. The van der Waals surface area contributed by atoms with Crippen molar-refractivity contribution in [2.45, 2.75) is 44.9 Å². The third-order valence-electron chi connectivity index (χ3n) is 2.40. The molecule has 0 aromatic carbocycles. The van der Waals surface area contributed by atoms with E-state index in [0.29, 0.717) is 5.92 Å². The van der Waals surface area contributed by atoms with E-state index < -0.39 is 0 Å². The van der Waals surface area contributed by atoms with E-state index in [1.54, 1.807) is 6.20 Å². The van der Waals surface area contributed by atoms with Gasteiger partial charge in [-0.1, -0.05) is 20.8 Å². The summed E-state index contributed by atoms with van der Waals surface area (Å²) in [5, 5.41) is 0. The van der Waals surface area contributed by atoms with Crippen LogP contribution in [-0.4, -0.2) is 9.97 Å². The van der Waals surface area contributed by atoms with Crippen molar-refractivity contribution >= 4 is 0 Å². The SMILES string of the molecule is CC(C)(C)c1nccnc1C1CC1. The minimum atomic E-state index is 0.131. The Labute approximate surface area is 79.4 Å². The molecule has 1 saturated carbocycles. The average Bonchev–Trinajstić information content (AvgIpc) is 2.85. The van der Waals surface area contributed by atoms with Crippen molar-refractivity contribution in [3.05, 3.63) is 23.8 Å². The van der Waals surface area contributed by atoms with Crippen molar-refractivity contribution < 1.29 is 0 Å². The molecule has 2 nitrogen and oxygen atoms in total. The van der Waals surface area contributed by atoms with Crippen molar-refractivity contribution in [1.29, 1.82) is 0 Å². The van der Waals surface area contributed by atoms with Crippen LogP contribution >= 0.6 is 0 Å². The first-order chi connectivity index (χ1) is 6.09. The molecule has 13 heavy (non-hydrogen) atoms. The van der Waals surface area contributed by atoms with Crippen LogP contribution in [-0.2, 0) is 5.41 Å². The van der Waals surface area contributed by atoms with Crippen molar-refractivity contribution in [1.82, 2.24) is 9.97 Å². The molecule has 1 heterocycles. The summed E-state index contributed by atoms with van der Waals surface area (Å²) in [6.45, 7) is 6.59. The molecule has 1 aromatic heterocycles. The lowest BCUT2D eigenvalue weighted by atomic mass is 9.89. The van der Waals surface area contributed by atoms with Gasteiger partial charge in [-0.15, -0.1) is 0 Å². The molecule has 0 radical (unpaired) electrons. The molecule has 1 aromatic rings. The fourth-order valence-corrected chi connectivity index (χ4v) is 1.58. The van der Waals surface area contributed by atoms with Gasteiger partial charge in [0.1, 0.15) is 0 Å². The lowest BCUT2D eigenvalue weighted by Gasteiger charge is -2.20. The maximum Gasteiger partial charge on any atom is 0.0674 e. The molecule has 0 aliphatic heterocycles. The summed E-state index contributed by atoms with van der Waals surface area (Å²) in [7, 11) is 0. The van der Waals surface area contributed by atoms with E-state index >= 15 is 0 Å². The Balaban J connectivity index is 2.43. The second-order valence-corrected chi connectivity index (χ2v) is 4.81. The number of nitrogens with zero attached hydrogens (tertiary/aromatic N) is 2. The minimum Gasteiger partial charge on any atom is -0.257 e. The molecule has 0 unspecified atom stereocenters. The first-order valence-electron chi connectivity index (χ1n) is 4.90. The van der Waals surface area contributed by atoms with Gasteiger partial charge in [-0.3, -0.25) is 9.97 Å². The monoisotopic (exact) mass is 176 g/mol. The van der Waals surface area contributed by atoms with Crippen LogP contribution in [0.25, 0.3) is 0 Å². The smallest absolute Gasteiger partial charge is 0.0674 e. The highest BCUT2D eigenvalue weighted by Gasteiger charge is 2.31. The van der Waals surface area contributed by atoms with Gasteiger partial charge in [0, 0.05) is 23.7 Å². The minimum absolute atomic E-state index is 0.131. The van der Waals surface area contributed by atoms with Gasteiger partial charge in [-0.25, -0.2) is 0 Å². The summed E-state index contributed by atoms with van der Waals surface area (Å²) in [6, 6.07) is 0. The van der Waals surface area contributed by atoms with Gasteiger partial charge in [-0.2, -0.15) is 0 Å². The highest BCUT2D eigenvalue weighted by atomic mass is 14.8. The Hall–Kier alpha value is -0.920. The zero-order chi connectivity index (χ0) is 9.47. The molecule has 2 heteroatoms. The molecule has 1 fully saturated rings. The van der Waals surface area contributed by atoms with Crippen LogP contribution in [0.2, 0.25) is 0 Å². The molecule has 0 spiro atoms. The predicted octanol–water partition coefficient (Wildman–Crippen LogP) is 2.65. The van der Waals surface area contributed by atoms with Gasteiger partial charge >= 0.3 is 0 Å². The summed E-state index contributed by atoms with van der Waals surface area (Å²) >= 11 is 0. The Morgan fingerprint density at radius 3 is 2.31 bits per heavy atom. The first kappa shape index (κ1) is 8.67. The number of aromatic nitrogens is 2. The van der Waals surface area contributed by atoms with Crippen LogP contribution in [0.15, 0.2) is 12.4 Å². The Morgan fingerprint density at radius 2 is 1.77 bits per heavy atom. The Morgan fingerprint density at radius 1 is 1.15 bits per heavy atom. The molecule has 70 valence electrons. The van der Waals surface area contributed by atoms with E-state index in [-0.39, 0.29) is 5.41 Å². The van der Waals surface area contributed by atoms with Crippen LogP contribution < -0.4 is 0 Å². The largest absolute Gasteiger partial charge is 0.257 e. The maximum atomic E-state index is 4.45. The molecular formula is C11H16N2. The lowest BCUT2D eigenvalue weighted by molar-refractivity contribution is 0.554. The molecule has 2 rings (SSSR count). The molecular weight excluding hydrogens is 160 g/mol. The van der Waals surface area contributed by atoms with Gasteiger partial charge < -0.3 is 0 Å². The third-order valence-corrected chi connectivity index (χ3v) is 2.40. The van der Waals surface area contributed by atoms with Crippen molar-refractivity contribution in [2.24, 2.45) is 0 Å². The molecule has 0 amide bonds. The van der Waals surface area contributed by atoms with E-state index in [4.69, 9.17) is 0 Å². The fraction of sp³-hybridized carbons (Fsp3) is 0.636. The molecule has 0 N–H and O–H groups in total. The van der Waals surface area contributed by atoms with Crippen molar-refractivity contribution in [2.75, 3.05) is 0 Å². The summed E-state index contributed by atoms with van der Waals surface area (Å²) in [6.07, 6.45) is 6.19. The summed E-state index contributed by atoms with van der Waals surface area (Å²) in [5.41, 5.74) is 2.54. The highest BCUT2D eigenvalue weighted by molar-refractivity contribution is 5.25. The number of hydrogen-bond donors (Lipinski definition) is 0. The third kappa shape index (κ3) is 1.71. The van der Waals surface area contributed by atoms with Crippen LogP contribution in [0, 0.1) is 0 Å². The van der Waals surface area contributed by atoms with Gasteiger partial charge in [0.05, 0.1) is 11.4 Å². The molecule has 0 bridgehead atoms. The quantitative estimate of drug-likeness (QED) is 0.657. The average molecular weight is 176 g/mol. The first-order valence-corrected chi connectivity index (χ1v) is 4.90. The normalized spacial score (nSPS) is 17.5.